The van der Waals surface area contributed by atoms with E-state index < -0.39 is 23.1 Å². The number of allylic oxidation sites excluding steroid dienone is 2. The number of benzene rings is 2. The van der Waals surface area contributed by atoms with Crippen molar-refractivity contribution in [3.8, 4) is 0 Å². The molecule has 0 saturated carbocycles. The number of nitrogens with one attached hydrogen (secondary N) is 1. The Morgan fingerprint density at radius 3 is 2.21 bits per heavy atom. The number of anilines is 1. The molecule has 3 rings (SSSR count). The van der Waals surface area contributed by atoms with Gasteiger partial charge in [0.25, 0.3) is 5.91 Å². The molecule has 124 valence electrons. The Kier molecular flexibility index (Phi) is 4.95. The fraction of sp³-hybridized carbons (Fsp3) is 0.211. The molecule has 24 heavy (non-hydrogen) atoms. The van der Waals surface area contributed by atoms with Gasteiger partial charge in [-0.2, -0.15) is 0 Å². The lowest BCUT2D eigenvalue weighted by molar-refractivity contribution is 0.101. The third-order valence-electron chi connectivity index (χ3n) is 4.08. The summed E-state index contributed by atoms with van der Waals surface area (Å²) in [5, 5.41) is 3.39. The number of amides is 1. The van der Waals surface area contributed by atoms with Gasteiger partial charge in [0.1, 0.15) is 17.2 Å². The van der Waals surface area contributed by atoms with Crippen LogP contribution in [0.15, 0.2) is 47.5 Å². The number of carbonyl (C=O) groups is 1. The van der Waals surface area contributed by atoms with E-state index in [1.54, 1.807) is 12.1 Å². The first-order valence-electron chi connectivity index (χ1n) is 7.79. The van der Waals surface area contributed by atoms with Gasteiger partial charge >= 0.3 is 0 Å². The van der Waals surface area contributed by atoms with Crippen LogP contribution in [-0.4, -0.2) is 5.91 Å². The van der Waals surface area contributed by atoms with Gasteiger partial charge in [-0.1, -0.05) is 29.8 Å². The van der Waals surface area contributed by atoms with Gasteiger partial charge in [-0.15, -0.1) is 0 Å². The van der Waals surface area contributed by atoms with Gasteiger partial charge in [-0.25, -0.2) is 8.78 Å². The van der Waals surface area contributed by atoms with E-state index in [4.69, 9.17) is 11.6 Å². The molecule has 2 nitrogen and oxygen atoms in total. The van der Waals surface area contributed by atoms with Crippen LogP contribution in [0.5, 0.6) is 0 Å². The largest absolute Gasteiger partial charge is 0.322 e. The Morgan fingerprint density at radius 2 is 1.58 bits per heavy atom. The zero-order valence-corrected chi connectivity index (χ0v) is 13.7. The van der Waals surface area contributed by atoms with Gasteiger partial charge in [-0.05, 0) is 61.1 Å². The van der Waals surface area contributed by atoms with E-state index in [0.717, 1.165) is 54.0 Å². The lowest BCUT2D eigenvalue weighted by atomic mass is 9.93. The molecule has 5 heteroatoms. The summed E-state index contributed by atoms with van der Waals surface area (Å²) in [4.78, 5) is 12.1. The molecule has 0 aliphatic heterocycles. The van der Waals surface area contributed by atoms with Crippen LogP contribution in [0.25, 0.3) is 5.57 Å². The smallest absolute Gasteiger partial charge is 0.261 e. The van der Waals surface area contributed by atoms with Crippen molar-refractivity contribution < 1.29 is 13.6 Å². The van der Waals surface area contributed by atoms with Gasteiger partial charge in [-0.3, -0.25) is 4.79 Å². The van der Waals surface area contributed by atoms with Crippen LogP contribution in [0, 0.1) is 11.6 Å². The second kappa shape index (κ2) is 7.14. The molecule has 0 unspecified atom stereocenters. The fourth-order valence-electron chi connectivity index (χ4n) is 2.83. The minimum atomic E-state index is -0.886. The maximum atomic E-state index is 13.6. The third kappa shape index (κ3) is 3.49. The quantitative estimate of drug-likeness (QED) is 0.753. The molecule has 0 aromatic heterocycles. The van der Waals surface area contributed by atoms with E-state index >= 15 is 0 Å². The first-order valence-corrected chi connectivity index (χ1v) is 8.17. The Hall–Kier alpha value is -2.20. The molecule has 0 radical (unpaired) electrons. The third-order valence-corrected chi connectivity index (χ3v) is 4.50. The summed E-state index contributed by atoms with van der Waals surface area (Å²) < 4.78 is 27.3. The predicted octanol–water partition coefficient (Wildman–Crippen LogP) is 5.74. The Balaban J connectivity index is 1.78. The minimum absolute atomic E-state index is 0.471. The fourth-order valence-corrected chi connectivity index (χ4v) is 3.17. The normalized spacial score (nSPS) is 14.6. The van der Waals surface area contributed by atoms with Crippen LogP contribution in [0.4, 0.5) is 14.5 Å². The summed E-state index contributed by atoms with van der Waals surface area (Å²) >= 11 is 6.28. The summed E-state index contributed by atoms with van der Waals surface area (Å²) in [6.45, 7) is 0. The number of rotatable bonds is 3. The molecule has 1 aliphatic rings. The van der Waals surface area contributed by atoms with Gasteiger partial charge < -0.3 is 5.32 Å². The van der Waals surface area contributed by atoms with E-state index in [0.29, 0.717) is 5.69 Å². The molecular weight excluding hydrogens is 332 g/mol. The highest BCUT2D eigenvalue weighted by Gasteiger charge is 2.17. The molecule has 0 heterocycles. The van der Waals surface area contributed by atoms with Crippen LogP contribution in [0.2, 0.25) is 0 Å². The highest BCUT2D eigenvalue weighted by atomic mass is 35.5. The van der Waals surface area contributed by atoms with Crippen molar-refractivity contribution in [2.75, 3.05) is 5.32 Å². The topological polar surface area (TPSA) is 29.1 Å². The highest BCUT2D eigenvalue weighted by molar-refractivity contribution is 6.32. The summed E-state index contributed by atoms with van der Waals surface area (Å²) in [6.07, 6.45) is 4.04. The molecule has 1 aliphatic carbocycles. The SMILES string of the molecule is O=C(Nc1ccc(C2=C(Cl)CCCC2)cc1)c1c(F)cccc1F. The number of halogens is 3. The monoisotopic (exact) mass is 347 g/mol. The lowest BCUT2D eigenvalue weighted by Crippen LogP contribution is -2.15. The van der Waals surface area contributed by atoms with Crippen LogP contribution in [0.3, 0.4) is 0 Å². The van der Waals surface area contributed by atoms with Crippen LogP contribution in [-0.2, 0) is 0 Å². The van der Waals surface area contributed by atoms with Crippen molar-refractivity contribution in [3.63, 3.8) is 0 Å². The maximum Gasteiger partial charge on any atom is 0.261 e. The molecule has 0 saturated heterocycles. The molecule has 2 aromatic rings. The molecule has 0 spiro atoms. The second-order valence-electron chi connectivity index (χ2n) is 5.72. The molecule has 1 N–H and O–H groups in total. The van der Waals surface area contributed by atoms with Gasteiger partial charge in [0.2, 0.25) is 0 Å². The van der Waals surface area contributed by atoms with E-state index in [-0.39, 0.29) is 0 Å². The molecule has 0 atom stereocenters. The van der Waals surface area contributed by atoms with Crippen molar-refractivity contribution in [2.45, 2.75) is 25.7 Å². The average Bonchev–Trinajstić information content (AvgIpc) is 2.56. The second-order valence-corrected chi connectivity index (χ2v) is 6.17. The summed E-state index contributed by atoms with van der Waals surface area (Å²) in [5.41, 5.74) is 2.02. The van der Waals surface area contributed by atoms with Gasteiger partial charge in [0.15, 0.2) is 0 Å². The number of hydrogen-bond donors (Lipinski definition) is 1. The first kappa shape index (κ1) is 16.7. The lowest BCUT2D eigenvalue weighted by Gasteiger charge is -2.16. The van der Waals surface area contributed by atoms with Gasteiger partial charge in [0.05, 0.1) is 0 Å². The van der Waals surface area contributed by atoms with Gasteiger partial charge in [0, 0.05) is 10.7 Å². The Morgan fingerprint density at radius 1 is 0.958 bits per heavy atom. The summed E-state index contributed by atoms with van der Waals surface area (Å²) in [6, 6.07) is 10.5. The zero-order valence-electron chi connectivity index (χ0n) is 12.9. The highest BCUT2D eigenvalue weighted by Crippen LogP contribution is 2.34. The average molecular weight is 348 g/mol. The molecule has 0 bridgehead atoms. The molecule has 1 amide bonds. The van der Waals surface area contributed by atoms with Crippen molar-refractivity contribution >= 4 is 28.8 Å². The minimum Gasteiger partial charge on any atom is -0.322 e. The summed E-state index contributed by atoms with van der Waals surface area (Å²) in [7, 11) is 0. The van der Waals surface area contributed by atoms with Crippen LogP contribution in [0.1, 0.15) is 41.6 Å². The van der Waals surface area contributed by atoms with Crippen molar-refractivity contribution in [2.24, 2.45) is 0 Å². The Labute approximate surface area is 144 Å². The van der Waals surface area contributed by atoms with Crippen LogP contribution < -0.4 is 5.32 Å². The summed E-state index contributed by atoms with van der Waals surface area (Å²) in [5.74, 6) is -2.58. The van der Waals surface area contributed by atoms with Crippen LogP contribution >= 0.6 is 11.6 Å². The number of hydrogen-bond acceptors (Lipinski definition) is 1. The Bertz CT molecular complexity index is 779. The van der Waals surface area contributed by atoms with Crippen molar-refractivity contribution in [1.29, 1.82) is 0 Å². The molecule has 2 aromatic carbocycles. The van der Waals surface area contributed by atoms with E-state index in [2.05, 4.69) is 5.32 Å². The maximum absolute atomic E-state index is 13.6. The molecular formula is C19H16ClF2NO. The zero-order chi connectivity index (χ0) is 17.1. The predicted molar refractivity (Wildman–Crippen MR) is 92.0 cm³/mol. The van der Waals surface area contributed by atoms with Crippen molar-refractivity contribution in [1.82, 2.24) is 0 Å². The van der Waals surface area contributed by atoms with E-state index in [9.17, 15) is 13.6 Å². The first-order chi connectivity index (χ1) is 11.6. The molecule has 0 fully saturated rings. The van der Waals surface area contributed by atoms with Crippen molar-refractivity contribution in [3.05, 3.63) is 70.3 Å². The van der Waals surface area contributed by atoms with E-state index in [1.165, 1.54) is 6.07 Å². The standard InChI is InChI=1S/C19H16ClF2NO/c20-15-5-2-1-4-14(15)12-8-10-13(11-9-12)23-19(24)18-16(21)6-3-7-17(18)22/h3,6-11H,1-2,4-5H2,(H,23,24). The van der Waals surface area contributed by atoms with E-state index in [1.807, 2.05) is 12.1 Å². The number of carbonyl (C=O) groups excluding carboxylic acids is 1.